The summed E-state index contributed by atoms with van der Waals surface area (Å²) < 4.78 is 10.4. The van der Waals surface area contributed by atoms with Gasteiger partial charge in [-0.1, -0.05) is 18.2 Å². The Kier molecular flexibility index (Phi) is 2.99. The Morgan fingerprint density at radius 3 is 3.00 bits per heavy atom. The Hall–Kier alpha value is -1.71. The molecule has 0 spiro atoms. The lowest BCUT2D eigenvalue weighted by molar-refractivity contribution is 0.105. The Bertz CT molecular complexity index is 392. The van der Waals surface area contributed by atoms with Crippen LogP contribution in [-0.2, 0) is 4.74 Å². The van der Waals surface area contributed by atoms with Crippen LogP contribution in [0.1, 0.15) is 18.5 Å². The van der Waals surface area contributed by atoms with Crippen LogP contribution in [-0.4, -0.2) is 31.3 Å². The van der Waals surface area contributed by atoms with E-state index in [-0.39, 0.29) is 12.1 Å². The maximum Gasteiger partial charge on any atom is 0.410 e. The molecule has 1 aliphatic rings. The van der Waals surface area contributed by atoms with Gasteiger partial charge in [0, 0.05) is 5.56 Å². The molecule has 1 aromatic rings. The third-order valence-electron chi connectivity index (χ3n) is 2.84. The van der Waals surface area contributed by atoms with Crippen molar-refractivity contribution in [2.45, 2.75) is 13.0 Å². The lowest BCUT2D eigenvalue weighted by Gasteiger charge is -2.25. The van der Waals surface area contributed by atoms with Gasteiger partial charge in [-0.25, -0.2) is 4.79 Å². The number of carbonyl (C=O) groups excluding carboxylic acids is 1. The average molecular weight is 221 g/mol. The molecule has 1 aliphatic heterocycles. The molecule has 2 rings (SSSR count). The van der Waals surface area contributed by atoms with Gasteiger partial charge in [0.05, 0.1) is 19.7 Å². The Morgan fingerprint density at radius 1 is 1.50 bits per heavy atom. The second kappa shape index (κ2) is 4.43. The fourth-order valence-electron chi connectivity index (χ4n) is 1.94. The first kappa shape index (κ1) is 10.8. The SMILES string of the molecule is COC(=O)N1CCOc2ccccc2C1C. The first-order valence-electron chi connectivity index (χ1n) is 5.30. The highest BCUT2D eigenvalue weighted by molar-refractivity contribution is 5.68. The van der Waals surface area contributed by atoms with Crippen molar-refractivity contribution < 1.29 is 14.3 Å². The normalized spacial score (nSPS) is 19.4. The highest BCUT2D eigenvalue weighted by Gasteiger charge is 2.26. The molecule has 1 aromatic carbocycles. The molecule has 86 valence electrons. The van der Waals surface area contributed by atoms with Crippen molar-refractivity contribution in [2.75, 3.05) is 20.3 Å². The van der Waals surface area contributed by atoms with Crippen molar-refractivity contribution in [1.29, 1.82) is 0 Å². The van der Waals surface area contributed by atoms with E-state index in [0.29, 0.717) is 13.2 Å². The second-order valence-corrected chi connectivity index (χ2v) is 3.73. The molecule has 4 nitrogen and oxygen atoms in total. The summed E-state index contributed by atoms with van der Waals surface area (Å²) in [6.07, 6.45) is -0.312. The minimum Gasteiger partial charge on any atom is -0.491 e. The van der Waals surface area contributed by atoms with Crippen LogP contribution in [0.4, 0.5) is 4.79 Å². The maximum atomic E-state index is 11.6. The van der Waals surface area contributed by atoms with E-state index in [0.717, 1.165) is 11.3 Å². The van der Waals surface area contributed by atoms with Gasteiger partial charge < -0.3 is 9.47 Å². The van der Waals surface area contributed by atoms with Crippen molar-refractivity contribution in [2.24, 2.45) is 0 Å². The number of benzene rings is 1. The molecule has 1 unspecified atom stereocenters. The third-order valence-corrected chi connectivity index (χ3v) is 2.84. The quantitative estimate of drug-likeness (QED) is 0.674. The molecule has 16 heavy (non-hydrogen) atoms. The van der Waals surface area contributed by atoms with Gasteiger partial charge >= 0.3 is 6.09 Å². The number of rotatable bonds is 0. The van der Waals surface area contributed by atoms with E-state index in [9.17, 15) is 4.79 Å². The van der Waals surface area contributed by atoms with Crippen LogP contribution in [0.5, 0.6) is 5.75 Å². The summed E-state index contributed by atoms with van der Waals surface area (Å²) in [6, 6.07) is 7.75. The summed E-state index contributed by atoms with van der Waals surface area (Å²) in [5, 5.41) is 0. The molecule has 1 heterocycles. The summed E-state index contributed by atoms with van der Waals surface area (Å²) in [4.78, 5) is 13.3. The summed E-state index contributed by atoms with van der Waals surface area (Å²) in [5.41, 5.74) is 1.02. The van der Waals surface area contributed by atoms with E-state index in [1.807, 2.05) is 31.2 Å². The lowest BCUT2D eigenvalue weighted by atomic mass is 10.1. The zero-order valence-electron chi connectivity index (χ0n) is 9.47. The second-order valence-electron chi connectivity index (χ2n) is 3.73. The van der Waals surface area contributed by atoms with Gasteiger partial charge in [-0.3, -0.25) is 4.90 Å². The Morgan fingerprint density at radius 2 is 2.25 bits per heavy atom. The molecule has 0 aromatic heterocycles. The Balaban J connectivity index is 2.33. The van der Waals surface area contributed by atoms with Gasteiger partial charge in [0.15, 0.2) is 0 Å². The average Bonchev–Trinajstić information content (AvgIpc) is 2.49. The molecule has 0 N–H and O–H groups in total. The van der Waals surface area contributed by atoms with E-state index in [4.69, 9.17) is 9.47 Å². The largest absolute Gasteiger partial charge is 0.491 e. The van der Waals surface area contributed by atoms with Gasteiger partial charge in [0.2, 0.25) is 0 Å². The van der Waals surface area contributed by atoms with E-state index in [2.05, 4.69) is 0 Å². The smallest absolute Gasteiger partial charge is 0.410 e. The number of carbonyl (C=O) groups is 1. The van der Waals surface area contributed by atoms with Crippen molar-refractivity contribution in [3.63, 3.8) is 0 Å². The van der Waals surface area contributed by atoms with Crippen LogP contribution in [0.3, 0.4) is 0 Å². The fourth-order valence-corrected chi connectivity index (χ4v) is 1.94. The minimum absolute atomic E-state index is 0.0221. The highest BCUT2D eigenvalue weighted by atomic mass is 16.5. The number of amides is 1. The van der Waals surface area contributed by atoms with Crippen LogP contribution < -0.4 is 4.74 Å². The first-order valence-corrected chi connectivity index (χ1v) is 5.30. The third kappa shape index (κ3) is 1.83. The van der Waals surface area contributed by atoms with Crippen LogP contribution in [0.25, 0.3) is 0 Å². The minimum atomic E-state index is -0.312. The standard InChI is InChI=1S/C12H15NO3/c1-9-10-5-3-4-6-11(10)16-8-7-13(9)12(14)15-2/h3-6,9H,7-8H2,1-2H3. The zero-order valence-corrected chi connectivity index (χ0v) is 9.47. The van der Waals surface area contributed by atoms with Gasteiger partial charge in [-0.2, -0.15) is 0 Å². The molecule has 0 bridgehead atoms. The van der Waals surface area contributed by atoms with Gasteiger partial charge in [-0.05, 0) is 13.0 Å². The summed E-state index contributed by atoms with van der Waals surface area (Å²) in [7, 11) is 1.40. The fraction of sp³-hybridized carbons (Fsp3) is 0.417. The van der Waals surface area contributed by atoms with Crippen LogP contribution in [0.2, 0.25) is 0 Å². The monoisotopic (exact) mass is 221 g/mol. The number of fused-ring (bicyclic) bond motifs is 1. The molecule has 1 amide bonds. The van der Waals surface area contributed by atoms with Crippen LogP contribution >= 0.6 is 0 Å². The molecule has 0 radical (unpaired) electrons. The van der Waals surface area contributed by atoms with Gasteiger partial charge in [0.25, 0.3) is 0 Å². The van der Waals surface area contributed by atoms with Gasteiger partial charge in [0.1, 0.15) is 12.4 Å². The number of para-hydroxylation sites is 1. The first-order chi connectivity index (χ1) is 7.74. The molecule has 4 heteroatoms. The molecular weight excluding hydrogens is 206 g/mol. The Labute approximate surface area is 94.8 Å². The van der Waals surface area contributed by atoms with E-state index in [1.165, 1.54) is 7.11 Å². The number of hydrogen-bond acceptors (Lipinski definition) is 3. The lowest BCUT2D eigenvalue weighted by Crippen LogP contribution is -2.34. The number of hydrogen-bond donors (Lipinski definition) is 0. The van der Waals surface area contributed by atoms with Crippen molar-refractivity contribution >= 4 is 6.09 Å². The van der Waals surface area contributed by atoms with Crippen LogP contribution in [0, 0.1) is 0 Å². The topological polar surface area (TPSA) is 38.8 Å². The van der Waals surface area contributed by atoms with E-state index >= 15 is 0 Å². The van der Waals surface area contributed by atoms with Crippen molar-refractivity contribution in [3.8, 4) is 5.75 Å². The summed E-state index contributed by atoms with van der Waals surface area (Å²) in [5.74, 6) is 0.849. The predicted molar refractivity (Wildman–Crippen MR) is 59.5 cm³/mol. The molecule has 1 atom stereocenters. The van der Waals surface area contributed by atoms with Crippen molar-refractivity contribution in [1.82, 2.24) is 4.90 Å². The summed E-state index contributed by atoms with van der Waals surface area (Å²) in [6.45, 7) is 3.02. The van der Waals surface area contributed by atoms with Crippen LogP contribution in [0.15, 0.2) is 24.3 Å². The van der Waals surface area contributed by atoms with E-state index in [1.54, 1.807) is 4.90 Å². The molecular formula is C12H15NO3. The molecule has 0 saturated heterocycles. The van der Waals surface area contributed by atoms with Crippen molar-refractivity contribution in [3.05, 3.63) is 29.8 Å². The van der Waals surface area contributed by atoms with Gasteiger partial charge in [-0.15, -0.1) is 0 Å². The maximum absolute atomic E-state index is 11.6. The zero-order chi connectivity index (χ0) is 11.5. The molecule has 0 aliphatic carbocycles. The number of nitrogens with zero attached hydrogens (tertiary/aromatic N) is 1. The predicted octanol–water partition coefficient (Wildman–Crippen LogP) is 2.21. The number of methoxy groups -OCH3 is 1. The number of ether oxygens (including phenoxy) is 2. The van der Waals surface area contributed by atoms with E-state index < -0.39 is 0 Å². The molecule has 0 saturated carbocycles. The highest BCUT2D eigenvalue weighted by Crippen LogP contribution is 2.31. The molecule has 0 fully saturated rings. The summed E-state index contributed by atoms with van der Waals surface area (Å²) >= 11 is 0.